The van der Waals surface area contributed by atoms with Crippen LogP contribution in [-0.2, 0) is 16.8 Å². The zero-order chi connectivity index (χ0) is 22.9. The molecule has 2 bridgehead atoms. The maximum absolute atomic E-state index is 14.0. The molecule has 2 aromatic carbocycles. The fourth-order valence-electron chi connectivity index (χ4n) is 7.61. The van der Waals surface area contributed by atoms with Gasteiger partial charge in [0.1, 0.15) is 0 Å². The van der Waals surface area contributed by atoms with Crippen molar-refractivity contribution in [2.24, 2.45) is 17.3 Å². The maximum Gasteiger partial charge on any atom is 0.228 e. The number of hydrogen-bond donors (Lipinski definition) is 1. The summed E-state index contributed by atoms with van der Waals surface area (Å²) in [6, 6.07) is 22.2. The first-order valence-corrected chi connectivity index (χ1v) is 13.1. The van der Waals surface area contributed by atoms with E-state index in [-0.39, 0.29) is 10.8 Å². The normalized spacial score (nSPS) is 32.5. The van der Waals surface area contributed by atoms with Crippen molar-refractivity contribution < 1.29 is 4.79 Å². The van der Waals surface area contributed by atoms with E-state index in [1.54, 1.807) is 0 Å². The second-order valence-corrected chi connectivity index (χ2v) is 11.6. The Bertz CT molecular complexity index is 932. The Morgan fingerprint density at radius 3 is 2.33 bits per heavy atom. The van der Waals surface area contributed by atoms with E-state index in [1.165, 1.54) is 30.4 Å². The number of rotatable bonds is 5. The minimum atomic E-state index is -0.233. The van der Waals surface area contributed by atoms with Crippen LogP contribution in [0, 0.1) is 17.3 Å². The van der Waals surface area contributed by atoms with Gasteiger partial charge in [0, 0.05) is 31.1 Å². The summed E-state index contributed by atoms with van der Waals surface area (Å²) in [4.78, 5) is 16.2. The zero-order valence-electron chi connectivity index (χ0n) is 20.4. The van der Waals surface area contributed by atoms with Crippen molar-refractivity contribution >= 4 is 5.91 Å². The number of likely N-dealkylation sites (tertiary alicyclic amines) is 1. The summed E-state index contributed by atoms with van der Waals surface area (Å²) in [5.41, 5.74) is 2.73. The summed E-state index contributed by atoms with van der Waals surface area (Å²) in [7, 11) is 0. The molecule has 3 fully saturated rings. The second kappa shape index (κ2) is 9.25. The standard InChI is InChI=1S/C30H40N2O/c1-23-17-25-19-29(2,22-30(18-23,20-25)26-11-7-4-8-12-26)28(33)32-15-13-27(14-16-32)31-21-24-9-5-3-6-10-24/h3-12,23,25,27,31H,13-22H2,1-2H3. The molecule has 2 aliphatic carbocycles. The highest BCUT2D eigenvalue weighted by Crippen LogP contribution is 2.58. The highest BCUT2D eigenvalue weighted by molar-refractivity contribution is 5.83. The smallest absolute Gasteiger partial charge is 0.228 e. The molecule has 1 heterocycles. The molecule has 176 valence electrons. The van der Waals surface area contributed by atoms with Crippen LogP contribution >= 0.6 is 0 Å². The van der Waals surface area contributed by atoms with Gasteiger partial charge >= 0.3 is 0 Å². The summed E-state index contributed by atoms with van der Waals surface area (Å²) >= 11 is 0. The van der Waals surface area contributed by atoms with Gasteiger partial charge in [-0.2, -0.15) is 0 Å². The lowest BCUT2D eigenvalue weighted by molar-refractivity contribution is -0.149. The SMILES string of the molecule is CC1CC2CC(C)(C(=O)N3CCC(NCc4ccccc4)CC3)CC(c3ccccc3)(C1)C2. The van der Waals surface area contributed by atoms with Crippen molar-refractivity contribution in [3.8, 4) is 0 Å². The molecule has 3 aliphatic rings. The van der Waals surface area contributed by atoms with Crippen LogP contribution in [0.1, 0.15) is 69.9 Å². The van der Waals surface area contributed by atoms with Gasteiger partial charge in [-0.25, -0.2) is 0 Å². The fraction of sp³-hybridized carbons (Fsp3) is 0.567. The average Bonchev–Trinajstić information content (AvgIpc) is 2.83. The predicted octanol–water partition coefficient (Wildman–Crippen LogP) is 5.94. The number of nitrogens with one attached hydrogen (secondary N) is 1. The Morgan fingerprint density at radius 2 is 1.64 bits per heavy atom. The summed E-state index contributed by atoms with van der Waals surface area (Å²) in [5.74, 6) is 1.83. The van der Waals surface area contributed by atoms with Crippen LogP contribution < -0.4 is 5.32 Å². The highest BCUT2D eigenvalue weighted by atomic mass is 16.2. The third-order valence-corrected chi connectivity index (χ3v) is 8.74. The highest BCUT2D eigenvalue weighted by Gasteiger charge is 2.54. The van der Waals surface area contributed by atoms with E-state index in [0.29, 0.717) is 17.9 Å². The van der Waals surface area contributed by atoms with Gasteiger partial charge in [0.2, 0.25) is 5.91 Å². The number of carbonyl (C=O) groups excluding carboxylic acids is 1. The zero-order valence-corrected chi connectivity index (χ0v) is 20.4. The Hall–Kier alpha value is -2.13. The maximum atomic E-state index is 14.0. The number of amides is 1. The second-order valence-electron chi connectivity index (χ2n) is 11.6. The third-order valence-electron chi connectivity index (χ3n) is 8.74. The fourth-order valence-corrected chi connectivity index (χ4v) is 7.61. The topological polar surface area (TPSA) is 32.3 Å². The number of nitrogens with zero attached hydrogens (tertiary/aromatic N) is 1. The first kappa shape index (κ1) is 22.7. The van der Waals surface area contributed by atoms with Gasteiger partial charge in [0.25, 0.3) is 0 Å². The Labute approximate surface area is 200 Å². The number of piperidine rings is 1. The predicted molar refractivity (Wildman–Crippen MR) is 135 cm³/mol. The minimum Gasteiger partial charge on any atom is -0.342 e. The van der Waals surface area contributed by atoms with Gasteiger partial charge in [-0.05, 0) is 73.3 Å². The quantitative estimate of drug-likeness (QED) is 0.619. The van der Waals surface area contributed by atoms with Gasteiger partial charge in [-0.1, -0.05) is 74.5 Å². The van der Waals surface area contributed by atoms with E-state index in [4.69, 9.17) is 0 Å². The van der Waals surface area contributed by atoms with Crippen molar-refractivity contribution in [2.45, 2.75) is 76.8 Å². The molecule has 0 aromatic heterocycles. The van der Waals surface area contributed by atoms with E-state index < -0.39 is 0 Å². The number of fused-ring (bicyclic) bond motifs is 2. The number of benzene rings is 2. The largest absolute Gasteiger partial charge is 0.342 e. The molecular formula is C30H40N2O. The Balaban J connectivity index is 1.25. The van der Waals surface area contributed by atoms with Crippen molar-refractivity contribution in [1.29, 1.82) is 0 Å². The van der Waals surface area contributed by atoms with Gasteiger partial charge in [0.15, 0.2) is 0 Å². The molecule has 4 unspecified atom stereocenters. The monoisotopic (exact) mass is 444 g/mol. The van der Waals surface area contributed by atoms with Crippen molar-refractivity contribution in [1.82, 2.24) is 10.2 Å². The molecule has 1 amide bonds. The van der Waals surface area contributed by atoms with Crippen LogP contribution in [0.4, 0.5) is 0 Å². The first-order valence-electron chi connectivity index (χ1n) is 13.1. The molecule has 2 saturated carbocycles. The van der Waals surface area contributed by atoms with Crippen molar-refractivity contribution in [3.05, 3.63) is 71.8 Å². The number of hydrogen-bond acceptors (Lipinski definition) is 2. The molecule has 4 atom stereocenters. The van der Waals surface area contributed by atoms with Gasteiger partial charge < -0.3 is 10.2 Å². The van der Waals surface area contributed by atoms with E-state index in [9.17, 15) is 4.79 Å². The molecule has 0 radical (unpaired) electrons. The first-order chi connectivity index (χ1) is 16.0. The van der Waals surface area contributed by atoms with E-state index >= 15 is 0 Å². The lowest BCUT2D eigenvalue weighted by Gasteiger charge is -2.55. The molecule has 1 aliphatic heterocycles. The van der Waals surface area contributed by atoms with Crippen LogP contribution in [-0.4, -0.2) is 29.9 Å². The van der Waals surface area contributed by atoms with E-state index in [2.05, 4.69) is 84.7 Å². The third kappa shape index (κ3) is 4.75. The van der Waals surface area contributed by atoms with Crippen LogP contribution in [0.25, 0.3) is 0 Å². The summed E-state index contributed by atoms with van der Waals surface area (Å²) < 4.78 is 0. The van der Waals surface area contributed by atoms with Crippen molar-refractivity contribution in [3.63, 3.8) is 0 Å². The molecule has 1 saturated heterocycles. The van der Waals surface area contributed by atoms with Crippen LogP contribution in [0.5, 0.6) is 0 Å². The van der Waals surface area contributed by atoms with E-state index in [0.717, 1.165) is 51.2 Å². The molecular weight excluding hydrogens is 404 g/mol. The molecule has 33 heavy (non-hydrogen) atoms. The Morgan fingerprint density at radius 1 is 0.970 bits per heavy atom. The summed E-state index contributed by atoms with van der Waals surface area (Å²) in [6.07, 6.45) is 7.95. The van der Waals surface area contributed by atoms with Crippen LogP contribution in [0.2, 0.25) is 0 Å². The van der Waals surface area contributed by atoms with Crippen molar-refractivity contribution in [2.75, 3.05) is 13.1 Å². The summed E-state index contributed by atoms with van der Waals surface area (Å²) in [5, 5.41) is 3.71. The average molecular weight is 445 g/mol. The summed E-state index contributed by atoms with van der Waals surface area (Å²) in [6.45, 7) is 7.40. The van der Waals surface area contributed by atoms with Crippen LogP contribution in [0.15, 0.2) is 60.7 Å². The lowest BCUT2D eigenvalue weighted by Crippen LogP contribution is -2.55. The van der Waals surface area contributed by atoms with Gasteiger partial charge in [-0.3, -0.25) is 4.79 Å². The Kier molecular flexibility index (Phi) is 6.35. The van der Waals surface area contributed by atoms with E-state index in [1.807, 2.05) is 0 Å². The van der Waals surface area contributed by atoms with Gasteiger partial charge in [-0.15, -0.1) is 0 Å². The minimum absolute atomic E-state index is 0.168. The molecule has 0 spiro atoms. The lowest BCUT2D eigenvalue weighted by atomic mass is 9.50. The molecule has 1 N–H and O–H groups in total. The molecule has 2 aromatic rings. The van der Waals surface area contributed by atoms with Gasteiger partial charge in [0.05, 0.1) is 0 Å². The molecule has 5 rings (SSSR count). The molecule has 3 heteroatoms. The van der Waals surface area contributed by atoms with Crippen LogP contribution in [0.3, 0.4) is 0 Å². The molecule has 3 nitrogen and oxygen atoms in total. The number of carbonyl (C=O) groups is 1.